The number of unbranched alkanes of at least 4 members (excludes halogenated alkanes) is 1. The SMILES string of the molecule is CCCCN(CC)C(=O)c1ccccc1C#CCCO. The lowest BCUT2D eigenvalue weighted by atomic mass is 10.1. The Morgan fingerprint density at radius 2 is 2.05 bits per heavy atom. The number of nitrogens with zero attached hydrogens (tertiary/aromatic N) is 1. The van der Waals surface area contributed by atoms with E-state index >= 15 is 0 Å². The average Bonchev–Trinajstić information content (AvgIpc) is 2.48. The number of hydrogen-bond acceptors (Lipinski definition) is 2. The molecule has 0 saturated carbocycles. The van der Waals surface area contributed by atoms with Gasteiger partial charge in [0.2, 0.25) is 0 Å². The fraction of sp³-hybridized carbons (Fsp3) is 0.471. The number of amides is 1. The molecule has 108 valence electrons. The lowest BCUT2D eigenvalue weighted by molar-refractivity contribution is 0.0762. The number of hydrogen-bond donors (Lipinski definition) is 1. The summed E-state index contributed by atoms with van der Waals surface area (Å²) in [5, 5.41) is 8.77. The third-order valence-electron chi connectivity index (χ3n) is 3.07. The topological polar surface area (TPSA) is 40.5 Å². The monoisotopic (exact) mass is 273 g/mol. The van der Waals surface area contributed by atoms with E-state index in [1.54, 1.807) is 0 Å². The first kappa shape index (κ1) is 16.3. The first-order valence-electron chi connectivity index (χ1n) is 7.22. The molecule has 1 amide bonds. The molecule has 20 heavy (non-hydrogen) atoms. The molecule has 0 fully saturated rings. The average molecular weight is 273 g/mol. The van der Waals surface area contributed by atoms with Gasteiger partial charge in [0.05, 0.1) is 12.2 Å². The number of benzene rings is 1. The lowest BCUT2D eigenvalue weighted by Crippen LogP contribution is -2.32. The zero-order valence-electron chi connectivity index (χ0n) is 12.4. The Labute approximate surface area is 121 Å². The van der Waals surface area contributed by atoms with Gasteiger partial charge in [-0.05, 0) is 25.5 Å². The number of aliphatic hydroxyl groups is 1. The fourth-order valence-electron chi connectivity index (χ4n) is 1.91. The van der Waals surface area contributed by atoms with Gasteiger partial charge in [0, 0.05) is 25.1 Å². The minimum atomic E-state index is 0.0369. The minimum Gasteiger partial charge on any atom is -0.395 e. The summed E-state index contributed by atoms with van der Waals surface area (Å²) in [6.45, 7) is 5.64. The van der Waals surface area contributed by atoms with Crippen LogP contribution in [0.15, 0.2) is 24.3 Å². The molecule has 3 nitrogen and oxygen atoms in total. The van der Waals surface area contributed by atoms with Crippen molar-refractivity contribution in [2.45, 2.75) is 33.1 Å². The maximum Gasteiger partial charge on any atom is 0.255 e. The van der Waals surface area contributed by atoms with Crippen LogP contribution in [-0.2, 0) is 0 Å². The van der Waals surface area contributed by atoms with Crippen molar-refractivity contribution in [1.29, 1.82) is 0 Å². The van der Waals surface area contributed by atoms with Crippen molar-refractivity contribution in [2.24, 2.45) is 0 Å². The smallest absolute Gasteiger partial charge is 0.255 e. The standard InChI is InChI=1S/C17H23NO2/c1-3-5-13-18(4-2)17(20)16-12-7-6-10-15(16)11-8-9-14-19/h6-7,10,12,19H,3-5,9,13-14H2,1-2H3. The number of rotatable bonds is 6. The third-order valence-corrected chi connectivity index (χ3v) is 3.07. The second-order valence-electron chi connectivity index (χ2n) is 4.56. The largest absolute Gasteiger partial charge is 0.395 e. The van der Waals surface area contributed by atoms with E-state index in [2.05, 4.69) is 18.8 Å². The molecule has 1 aromatic rings. The summed E-state index contributed by atoms with van der Waals surface area (Å²) in [4.78, 5) is 14.4. The van der Waals surface area contributed by atoms with Crippen LogP contribution in [0.2, 0.25) is 0 Å². The summed E-state index contributed by atoms with van der Waals surface area (Å²) in [7, 11) is 0. The molecule has 0 saturated heterocycles. The highest BCUT2D eigenvalue weighted by molar-refractivity contribution is 5.96. The van der Waals surface area contributed by atoms with Crippen LogP contribution in [0, 0.1) is 11.8 Å². The van der Waals surface area contributed by atoms with Gasteiger partial charge in [0.15, 0.2) is 0 Å². The molecule has 0 bridgehead atoms. The van der Waals surface area contributed by atoms with E-state index in [-0.39, 0.29) is 12.5 Å². The van der Waals surface area contributed by atoms with Gasteiger partial charge in [-0.15, -0.1) is 0 Å². The zero-order chi connectivity index (χ0) is 14.8. The normalized spacial score (nSPS) is 9.75. The lowest BCUT2D eigenvalue weighted by Gasteiger charge is -2.21. The molecule has 0 radical (unpaired) electrons. The van der Waals surface area contributed by atoms with Crippen molar-refractivity contribution in [3.63, 3.8) is 0 Å². The summed E-state index contributed by atoms with van der Waals surface area (Å²) in [6, 6.07) is 7.41. The molecule has 0 aliphatic carbocycles. The molecule has 0 aliphatic heterocycles. The highest BCUT2D eigenvalue weighted by atomic mass is 16.2. The van der Waals surface area contributed by atoms with Crippen LogP contribution in [-0.4, -0.2) is 35.6 Å². The maximum atomic E-state index is 12.5. The van der Waals surface area contributed by atoms with E-state index in [1.165, 1.54) is 0 Å². The first-order chi connectivity index (χ1) is 9.74. The fourth-order valence-corrected chi connectivity index (χ4v) is 1.91. The Balaban J connectivity index is 2.94. The second-order valence-corrected chi connectivity index (χ2v) is 4.56. The maximum absolute atomic E-state index is 12.5. The van der Waals surface area contributed by atoms with Gasteiger partial charge < -0.3 is 10.0 Å². The Hall–Kier alpha value is -1.79. The Morgan fingerprint density at radius 3 is 2.70 bits per heavy atom. The van der Waals surface area contributed by atoms with E-state index in [0.29, 0.717) is 18.5 Å². The molecule has 0 aliphatic rings. The highest BCUT2D eigenvalue weighted by Gasteiger charge is 2.15. The van der Waals surface area contributed by atoms with Gasteiger partial charge >= 0.3 is 0 Å². The molecular weight excluding hydrogens is 250 g/mol. The van der Waals surface area contributed by atoms with E-state index < -0.39 is 0 Å². The van der Waals surface area contributed by atoms with Crippen LogP contribution in [0.4, 0.5) is 0 Å². The summed E-state index contributed by atoms with van der Waals surface area (Å²) in [5.41, 5.74) is 1.39. The number of carbonyl (C=O) groups excluding carboxylic acids is 1. The quantitative estimate of drug-likeness (QED) is 0.810. The molecule has 1 aromatic carbocycles. The molecule has 1 N–H and O–H groups in total. The Morgan fingerprint density at radius 1 is 1.30 bits per heavy atom. The van der Waals surface area contributed by atoms with Crippen LogP contribution in [0.5, 0.6) is 0 Å². The Bertz CT molecular complexity index is 485. The van der Waals surface area contributed by atoms with Crippen molar-refractivity contribution in [3.8, 4) is 11.8 Å². The van der Waals surface area contributed by atoms with Gasteiger partial charge in [0.25, 0.3) is 5.91 Å². The molecular formula is C17H23NO2. The van der Waals surface area contributed by atoms with E-state index in [1.807, 2.05) is 36.1 Å². The summed E-state index contributed by atoms with van der Waals surface area (Å²) in [5.74, 6) is 5.89. The molecule has 0 unspecified atom stereocenters. The first-order valence-corrected chi connectivity index (χ1v) is 7.22. The summed E-state index contributed by atoms with van der Waals surface area (Å²) in [6.07, 6.45) is 2.51. The summed E-state index contributed by atoms with van der Waals surface area (Å²) >= 11 is 0. The molecule has 0 atom stereocenters. The van der Waals surface area contributed by atoms with Crippen molar-refractivity contribution >= 4 is 5.91 Å². The third kappa shape index (κ3) is 4.71. The van der Waals surface area contributed by atoms with Gasteiger partial charge in [-0.3, -0.25) is 4.79 Å². The van der Waals surface area contributed by atoms with Crippen molar-refractivity contribution < 1.29 is 9.90 Å². The van der Waals surface area contributed by atoms with Crippen molar-refractivity contribution in [1.82, 2.24) is 4.90 Å². The van der Waals surface area contributed by atoms with Gasteiger partial charge in [0.1, 0.15) is 0 Å². The number of aliphatic hydroxyl groups excluding tert-OH is 1. The van der Waals surface area contributed by atoms with Gasteiger partial charge in [-0.2, -0.15) is 0 Å². The second kappa shape index (κ2) is 9.17. The van der Waals surface area contributed by atoms with Gasteiger partial charge in [-0.25, -0.2) is 0 Å². The predicted molar refractivity (Wildman–Crippen MR) is 81.5 cm³/mol. The molecule has 0 spiro atoms. The van der Waals surface area contributed by atoms with Crippen molar-refractivity contribution in [2.75, 3.05) is 19.7 Å². The molecule has 3 heteroatoms. The van der Waals surface area contributed by atoms with Crippen molar-refractivity contribution in [3.05, 3.63) is 35.4 Å². The zero-order valence-corrected chi connectivity index (χ0v) is 12.4. The van der Waals surface area contributed by atoms with Crippen LogP contribution in [0.3, 0.4) is 0 Å². The van der Waals surface area contributed by atoms with Crippen LogP contribution < -0.4 is 0 Å². The van der Waals surface area contributed by atoms with Gasteiger partial charge in [-0.1, -0.05) is 37.3 Å². The van der Waals surface area contributed by atoms with E-state index in [4.69, 9.17) is 5.11 Å². The minimum absolute atomic E-state index is 0.0369. The van der Waals surface area contributed by atoms with E-state index in [0.717, 1.165) is 24.9 Å². The van der Waals surface area contributed by atoms with Crippen LogP contribution in [0.1, 0.15) is 49.0 Å². The predicted octanol–water partition coefficient (Wildman–Crippen LogP) is 2.68. The molecule has 0 aromatic heterocycles. The number of carbonyl (C=O) groups is 1. The summed E-state index contributed by atoms with van der Waals surface area (Å²) < 4.78 is 0. The van der Waals surface area contributed by atoms with Crippen LogP contribution >= 0.6 is 0 Å². The molecule has 1 rings (SSSR count). The van der Waals surface area contributed by atoms with E-state index in [9.17, 15) is 4.79 Å². The van der Waals surface area contributed by atoms with Crippen LogP contribution in [0.25, 0.3) is 0 Å². The Kier molecular flexibility index (Phi) is 7.46. The molecule has 0 heterocycles. The highest BCUT2D eigenvalue weighted by Crippen LogP contribution is 2.11.